The van der Waals surface area contributed by atoms with Crippen molar-refractivity contribution in [3.63, 3.8) is 0 Å². The summed E-state index contributed by atoms with van der Waals surface area (Å²) in [4.78, 5) is 12.4. The Kier molecular flexibility index (Phi) is 3.31. The predicted octanol–water partition coefficient (Wildman–Crippen LogP) is 4.98. The van der Waals surface area contributed by atoms with Gasteiger partial charge in [-0.2, -0.15) is 0 Å². The molecule has 2 nitrogen and oxygen atoms in total. The van der Waals surface area contributed by atoms with Crippen molar-refractivity contribution >= 4 is 34.0 Å². The van der Waals surface area contributed by atoms with Crippen LogP contribution in [0.3, 0.4) is 0 Å². The minimum atomic E-state index is -0.624. The first-order chi connectivity index (χ1) is 11.1. The van der Waals surface area contributed by atoms with Gasteiger partial charge in [0.15, 0.2) is 0 Å². The Labute approximate surface area is 137 Å². The van der Waals surface area contributed by atoms with E-state index >= 15 is 0 Å². The molecule has 0 spiro atoms. The van der Waals surface area contributed by atoms with E-state index in [9.17, 15) is 9.18 Å². The minimum absolute atomic E-state index is 0.0161. The molecule has 0 bridgehead atoms. The van der Waals surface area contributed by atoms with Crippen molar-refractivity contribution in [2.24, 2.45) is 0 Å². The standard InChI is InChI=1S/C19H13ClFNO/c20-13-7-8-14(16(21)10-13)19(23)22-17-9-6-12-5-4-11-2-1-3-15(17)18(11)12/h1-3,6-10H,4-5H2,(H,22,23). The van der Waals surface area contributed by atoms with E-state index in [1.807, 2.05) is 24.3 Å². The van der Waals surface area contributed by atoms with E-state index in [4.69, 9.17) is 11.6 Å². The molecule has 0 saturated heterocycles. The summed E-state index contributed by atoms with van der Waals surface area (Å²) in [6, 6.07) is 14.1. The van der Waals surface area contributed by atoms with Crippen molar-refractivity contribution in [2.75, 3.05) is 5.32 Å². The monoisotopic (exact) mass is 325 g/mol. The molecule has 114 valence electrons. The molecular formula is C19H13ClFNO. The number of nitrogens with one attached hydrogen (secondary N) is 1. The summed E-state index contributed by atoms with van der Waals surface area (Å²) >= 11 is 5.73. The normalized spacial score (nSPS) is 12.6. The summed E-state index contributed by atoms with van der Waals surface area (Å²) in [7, 11) is 0. The maximum absolute atomic E-state index is 13.9. The number of amides is 1. The molecule has 4 heteroatoms. The van der Waals surface area contributed by atoms with Crippen molar-refractivity contribution < 1.29 is 9.18 Å². The third-order valence-corrected chi connectivity index (χ3v) is 4.54. The van der Waals surface area contributed by atoms with Crippen LogP contribution in [-0.4, -0.2) is 5.91 Å². The molecular weight excluding hydrogens is 313 g/mol. The predicted molar refractivity (Wildman–Crippen MR) is 90.7 cm³/mol. The Morgan fingerprint density at radius 1 is 1.04 bits per heavy atom. The SMILES string of the molecule is O=C(Nc1ccc2c3c(cccc13)CC2)c1ccc(Cl)cc1F. The molecule has 4 rings (SSSR count). The number of anilines is 1. The second-order valence-electron chi connectivity index (χ2n) is 5.69. The lowest BCUT2D eigenvalue weighted by molar-refractivity contribution is 0.102. The van der Waals surface area contributed by atoms with Crippen LogP contribution in [0.25, 0.3) is 10.8 Å². The minimum Gasteiger partial charge on any atom is -0.321 e. The molecule has 1 amide bonds. The fourth-order valence-electron chi connectivity index (χ4n) is 3.22. The number of halogens is 2. The zero-order valence-corrected chi connectivity index (χ0v) is 13.0. The molecule has 0 radical (unpaired) electrons. The van der Waals surface area contributed by atoms with Gasteiger partial charge in [-0.3, -0.25) is 4.79 Å². The van der Waals surface area contributed by atoms with Crippen LogP contribution < -0.4 is 5.32 Å². The fourth-order valence-corrected chi connectivity index (χ4v) is 3.38. The first-order valence-electron chi connectivity index (χ1n) is 7.43. The zero-order chi connectivity index (χ0) is 16.0. The van der Waals surface area contributed by atoms with E-state index in [-0.39, 0.29) is 10.6 Å². The largest absolute Gasteiger partial charge is 0.321 e. The molecule has 3 aromatic carbocycles. The van der Waals surface area contributed by atoms with Gasteiger partial charge in [-0.1, -0.05) is 35.9 Å². The number of hydrogen-bond donors (Lipinski definition) is 1. The van der Waals surface area contributed by atoms with Gasteiger partial charge in [-0.15, -0.1) is 0 Å². The van der Waals surface area contributed by atoms with Gasteiger partial charge in [0.25, 0.3) is 5.91 Å². The summed E-state index contributed by atoms with van der Waals surface area (Å²) in [6.45, 7) is 0. The molecule has 0 saturated carbocycles. The maximum Gasteiger partial charge on any atom is 0.258 e. The summed E-state index contributed by atoms with van der Waals surface area (Å²) in [5.41, 5.74) is 3.28. The first-order valence-corrected chi connectivity index (χ1v) is 7.81. The Morgan fingerprint density at radius 3 is 2.61 bits per heavy atom. The number of aryl methyl sites for hydroxylation is 2. The second-order valence-corrected chi connectivity index (χ2v) is 6.13. The lowest BCUT2D eigenvalue weighted by Gasteiger charge is -2.11. The van der Waals surface area contributed by atoms with E-state index in [0.717, 1.165) is 24.3 Å². The van der Waals surface area contributed by atoms with Gasteiger partial charge in [0.05, 0.1) is 5.56 Å². The number of carbonyl (C=O) groups excluding carboxylic acids is 1. The van der Waals surface area contributed by atoms with Crippen LogP contribution in [0, 0.1) is 5.82 Å². The molecule has 0 unspecified atom stereocenters. The average molecular weight is 326 g/mol. The molecule has 0 fully saturated rings. The topological polar surface area (TPSA) is 29.1 Å². The van der Waals surface area contributed by atoms with Gasteiger partial charge in [0.2, 0.25) is 0 Å². The smallest absolute Gasteiger partial charge is 0.258 e. The molecule has 1 aliphatic carbocycles. The van der Waals surface area contributed by atoms with Crippen LogP contribution in [0.5, 0.6) is 0 Å². The molecule has 0 heterocycles. The highest BCUT2D eigenvalue weighted by Crippen LogP contribution is 2.35. The van der Waals surface area contributed by atoms with Crippen LogP contribution in [0.1, 0.15) is 21.5 Å². The number of hydrogen-bond acceptors (Lipinski definition) is 1. The Bertz CT molecular complexity index is 941. The van der Waals surface area contributed by atoms with Crippen molar-refractivity contribution in [3.05, 3.63) is 76.1 Å². The molecule has 1 N–H and O–H groups in total. The third-order valence-electron chi connectivity index (χ3n) is 4.30. The highest BCUT2D eigenvalue weighted by Gasteiger charge is 2.18. The Hall–Kier alpha value is -2.39. The van der Waals surface area contributed by atoms with Gasteiger partial charge in [0.1, 0.15) is 5.82 Å². The average Bonchev–Trinajstić information content (AvgIpc) is 2.95. The molecule has 3 aromatic rings. The number of rotatable bonds is 2. The molecule has 23 heavy (non-hydrogen) atoms. The highest BCUT2D eigenvalue weighted by atomic mass is 35.5. The second kappa shape index (κ2) is 5.36. The zero-order valence-electron chi connectivity index (χ0n) is 12.2. The van der Waals surface area contributed by atoms with E-state index < -0.39 is 11.7 Å². The summed E-state index contributed by atoms with van der Waals surface area (Å²) in [5.74, 6) is -1.10. The van der Waals surface area contributed by atoms with Crippen LogP contribution in [0.15, 0.2) is 48.5 Å². The Morgan fingerprint density at radius 2 is 1.83 bits per heavy atom. The van der Waals surface area contributed by atoms with Gasteiger partial charge in [-0.05, 0) is 53.6 Å². The fraction of sp³-hybridized carbons (Fsp3) is 0.105. The molecule has 0 atom stereocenters. The maximum atomic E-state index is 13.9. The lowest BCUT2D eigenvalue weighted by Crippen LogP contribution is -2.14. The van der Waals surface area contributed by atoms with Crippen molar-refractivity contribution in [1.82, 2.24) is 0 Å². The van der Waals surface area contributed by atoms with Crippen molar-refractivity contribution in [3.8, 4) is 0 Å². The van der Waals surface area contributed by atoms with E-state index in [2.05, 4.69) is 11.4 Å². The van der Waals surface area contributed by atoms with Crippen LogP contribution in [0.2, 0.25) is 5.02 Å². The van der Waals surface area contributed by atoms with E-state index in [0.29, 0.717) is 5.69 Å². The lowest BCUT2D eigenvalue weighted by atomic mass is 10.0. The third kappa shape index (κ3) is 2.37. The van der Waals surface area contributed by atoms with Crippen molar-refractivity contribution in [1.29, 1.82) is 0 Å². The summed E-state index contributed by atoms with van der Waals surface area (Å²) in [6.07, 6.45) is 2.05. The highest BCUT2D eigenvalue weighted by molar-refractivity contribution is 6.30. The van der Waals surface area contributed by atoms with Gasteiger partial charge in [0, 0.05) is 16.1 Å². The molecule has 1 aliphatic rings. The first kappa shape index (κ1) is 14.2. The van der Waals surface area contributed by atoms with Crippen LogP contribution in [-0.2, 0) is 12.8 Å². The van der Waals surface area contributed by atoms with Gasteiger partial charge in [-0.25, -0.2) is 4.39 Å². The molecule has 0 aliphatic heterocycles. The molecule has 0 aromatic heterocycles. The Balaban J connectivity index is 1.75. The van der Waals surface area contributed by atoms with Gasteiger partial charge >= 0.3 is 0 Å². The van der Waals surface area contributed by atoms with Gasteiger partial charge < -0.3 is 5.32 Å². The van der Waals surface area contributed by atoms with E-state index in [1.165, 1.54) is 28.6 Å². The number of carbonyl (C=O) groups is 1. The van der Waals surface area contributed by atoms with E-state index in [1.54, 1.807) is 0 Å². The summed E-state index contributed by atoms with van der Waals surface area (Å²) < 4.78 is 13.9. The van der Waals surface area contributed by atoms with Crippen molar-refractivity contribution in [2.45, 2.75) is 12.8 Å². The van der Waals surface area contributed by atoms with Crippen LogP contribution in [0.4, 0.5) is 10.1 Å². The quantitative estimate of drug-likeness (QED) is 0.707. The summed E-state index contributed by atoms with van der Waals surface area (Å²) in [5, 5.41) is 5.30. The number of benzene rings is 3. The van der Waals surface area contributed by atoms with Crippen LogP contribution >= 0.6 is 11.6 Å².